The zero-order valence-electron chi connectivity index (χ0n) is 14.5. The van der Waals surface area contributed by atoms with E-state index in [0.29, 0.717) is 21.7 Å². The Morgan fingerprint density at radius 3 is 2.60 bits per heavy atom. The first-order valence-electron chi connectivity index (χ1n) is 8.16. The van der Waals surface area contributed by atoms with Crippen LogP contribution in [-0.4, -0.2) is 45.0 Å². The monoisotopic (exact) mass is 356 g/mol. The lowest BCUT2D eigenvalue weighted by Crippen LogP contribution is -2.17. The summed E-state index contributed by atoms with van der Waals surface area (Å²) < 4.78 is 33.3. The number of methoxy groups -OCH3 is 1. The Morgan fingerprint density at radius 1 is 1.12 bits per heavy atom. The third-order valence-electron chi connectivity index (χ3n) is 4.72. The molecule has 3 aromatic rings. The van der Waals surface area contributed by atoms with Gasteiger partial charge in [-0.3, -0.25) is 0 Å². The Labute approximate surface area is 147 Å². The largest absolute Gasteiger partial charge is 0.496 e. The lowest BCUT2D eigenvalue weighted by Gasteiger charge is -2.21. The van der Waals surface area contributed by atoms with Crippen molar-refractivity contribution in [2.24, 2.45) is 0 Å². The molecule has 2 heterocycles. The summed E-state index contributed by atoms with van der Waals surface area (Å²) in [6.07, 6.45) is 2.55. The molecule has 1 aliphatic heterocycles. The van der Waals surface area contributed by atoms with Crippen molar-refractivity contribution in [3.05, 3.63) is 48.2 Å². The van der Waals surface area contributed by atoms with Gasteiger partial charge < -0.3 is 9.64 Å². The molecule has 6 heteroatoms. The molecule has 0 atom stereocenters. The fraction of sp³-hybridized carbons (Fsp3) is 0.263. The van der Waals surface area contributed by atoms with Crippen LogP contribution in [0, 0.1) is 0 Å². The molecule has 1 aliphatic rings. The van der Waals surface area contributed by atoms with E-state index in [-0.39, 0.29) is 0 Å². The number of benzene rings is 2. The van der Waals surface area contributed by atoms with E-state index >= 15 is 0 Å². The van der Waals surface area contributed by atoms with Gasteiger partial charge in [0, 0.05) is 23.7 Å². The zero-order chi connectivity index (χ0) is 17.8. The molecule has 0 saturated heterocycles. The van der Waals surface area contributed by atoms with E-state index < -0.39 is 10.0 Å². The first kappa shape index (κ1) is 16.2. The maximum atomic E-state index is 13.1. The van der Waals surface area contributed by atoms with E-state index in [1.807, 2.05) is 38.4 Å². The summed E-state index contributed by atoms with van der Waals surface area (Å²) in [5.41, 5.74) is 3.30. The van der Waals surface area contributed by atoms with Crippen LogP contribution in [0.5, 0.6) is 5.75 Å². The molecule has 0 spiro atoms. The van der Waals surface area contributed by atoms with Gasteiger partial charge in [0.25, 0.3) is 10.0 Å². The molecule has 0 amide bonds. The second-order valence-corrected chi connectivity index (χ2v) is 8.33. The Balaban J connectivity index is 2.10. The minimum Gasteiger partial charge on any atom is -0.496 e. The van der Waals surface area contributed by atoms with Crippen molar-refractivity contribution in [2.45, 2.75) is 11.3 Å². The first-order chi connectivity index (χ1) is 11.9. The molecule has 130 valence electrons. The average molecular weight is 356 g/mol. The molecule has 0 saturated carbocycles. The highest BCUT2D eigenvalue weighted by Gasteiger charge is 2.33. The quantitative estimate of drug-likeness (QED) is 0.564. The van der Waals surface area contributed by atoms with E-state index in [9.17, 15) is 8.42 Å². The van der Waals surface area contributed by atoms with Crippen LogP contribution >= 0.6 is 0 Å². The normalized spacial score (nSPS) is 14.7. The number of hydrogen-bond donors (Lipinski definition) is 0. The number of hydrogen-bond acceptors (Lipinski definition) is 4. The molecule has 0 aliphatic carbocycles. The average Bonchev–Trinajstić information content (AvgIpc) is 2.98. The van der Waals surface area contributed by atoms with E-state index in [1.165, 1.54) is 3.97 Å². The summed E-state index contributed by atoms with van der Waals surface area (Å²) >= 11 is 0. The highest BCUT2D eigenvalue weighted by atomic mass is 32.2. The van der Waals surface area contributed by atoms with Crippen LogP contribution < -0.4 is 4.74 Å². The summed E-state index contributed by atoms with van der Waals surface area (Å²) in [4.78, 5) is 2.42. The number of fused-ring (bicyclic) bond motifs is 2. The zero-order valence-corrected chi connectivity index (χ0v) is 15.3. The summed E-state index contributed by atoms with van der Waals surface area (Å²) in [6.45, 7) is 0.855. The van der Waals surface area contributed by atoms with Gasteiger partial charge in [-0.05, 0) is 44.3 Å². The van der Waals surface area contributed by atoms with Crippen LogP contribution in [0.3, 0.4) is 0 Å². The van der Waals surface area contributed by atoms with Gasteiger partial charge in [0.2, 0.25) is 0 Å². The molecule has 0 N–H and O–H groups in total. The predicted octanol–water partition coefficient (Wildman–Crippen LogP) is 2.97. The second-order valence-electron chi connectivity index (χ2n) is 6.54. The predicted molar refractivity (Wildman–Crippen MR) is 98.8 cm³/mol. The molecule has 5 nitrogen and oxygen atoms in total. The first-order valence-corrected chi connectivity index (χ1v) is 9.60. The van der Waals surface area contributed by atoms with Crippen molar-refractivity contribution in [2.75, 3.05) is 27.7 Å². The Hall–Kier alpha value is -2.31. The van der Waals surface area contributed by atoms with Crippen molar-refractivity contribution >= 4 is 20.9 Å². The van der Waals surface area contributed by atoms with E-state index in [2.05, 4.69) is 4.90 Å². The molecule has 0 fully saturated rings. The van der Waals surface area contributed by atoms with E-state index in [4.69, 9.17) is 4.74 Å². The Kier molecular flexibility index (Phi) is 3.63. The SMILES string of the molecule is COc1ccc2c(CCN(C)C)cn3c2c1-c1ccccc1S3(=O)=O. The van der Waals surface area contributed by atoms with Crippen molar-refractivity contribution in [1.29, 1.82) is 0 Å². The second kappa shape index (κ2) is 5.61. The van der Waals surface area contributed by atoms with Crippen LogP contribution in [0.15, 0.2) is 47.5 Å². The molecular weight excluding hydrogens is 336 g/mol. The molecule has 0 radical (unpaired) electrons. The number of aromatic nitrogens is 1. The van der Waals surface area contributed by atoms with Crippen molar-refractivity contribution in [3.8, 4) is 16.9 Å². The van der Waals surface area contributed by atoms with Gasteiger partial charge in [0.1, 0.15) is 5.75 Å². The molecule has 0 bridgehead atoms. The van der Waals surface area contributed by atoms with Crippen LogP contribution in [0.2, 0.25) is 0 Å². The third kappa shape index (κ3) is 2.28. The van der Waals surface area contributed by atoms with Gasteiger partial charge in [-0.2, -0.15) is 0 Å². The van der Waals surface area contributed by atoms with Crippen molar-refractivity contribution in [3.63, 3.8) is 0 Å². The summed E-state index contributed by atoms with van der Waals surface area (Å²) in [6, 6.07) is 11.0. The highest BCUT2D eigenvalue weighted by molar-refractivity contribution is 7.90. The topological polar surface area (TPSA) is 51.5 Å². The minimum absolute atomic E-state index is 0.322. The third-order valence-corrected chi connectivity index (χ3v) is 6.44. The standard InChI is InChI=1S/C19H20N2O3S/c1-20(2)11-10-13-12-21-19-14(13)8-9-16(24-3)18(19)15-6-4-5-7-17(15)25(21,22)23/h4-9,12H,10-11H2,1-3H3. The van der Waals surface area contributed by atoms with E-state index in [0.717, 1.165) is 29.5 Å². The smallest absolute Gasteiger partial charge is 0.268 e. The van der Waals surface area contributed by atoms with Crippen molar-refractivity contribution < 1.29 is 13.2 Å². The number of likely N-dealkylation sites (N-methyl/N-ethyl adjacent to an activating group) is 1. The Morgan fingerprint density at radius 2 is 1.88 bits per heavy atom. The molecular formula is C19H20N2O3S. The number of ether oxygens (including phenoxy) is 1. The minimum atomic E-state index is -3.60. The van der Waals surface area contributed by atoms with Crippen molar-refractivity contribution in [1.82, 2.24) is 8.87 Å². The van der Waals surface area contributed by atoms with Gasteiger partial charge >= 0.3 is 0 Å². The molecule has 0 unspecified atom stereocenters. The maximum Gasteiger partial charge on any atom is 0.268 e. The van der Waals surface area contributed by atoms with Crippen LogP contribution in [-0.2, 0) is 16.4 Å². The lowest BCUT2D eigenvalue weighted by atomic mass is 9.99. The van der Waals surface area contributed by atoms with Gasteiger partial charge in [0.05, 0.1) is 23.1 Å². The van der Waals surface area contributed by atoms with Gasteiger partial charge in [-0.1, -0.05) is 18.2 Å². The van der Waals surface area contributed by atoms with Gasteiger partial charge in [-0.25, -0.2) is 12.4 Å². The highest BCUT2D eigenvalue weighted by Crippen LogP contribution is 2.46. The summed E-state index contributed by atoms with van der Waals surface area (Å²) in [7, 11) is 2.04. The van der Waals surface area contributed by atoms with Gasteiger partial charge in [0.15, 0.2) is 0 Å². The van der Waals surface area contributed by atoms with E-state index in [1.54, 1.807) is 25.4 Å². The summed E-state index contributed by atoms with van der Waals surface area (Å²) in [5.74, 6) is 0.688. The molecule has 4 rings (SSSR count). The molecule has 2 aromatic carbocycles. The maximum absolute atomic E-state index is 13.1. The lowest BCUT2D eigenvalue weighted by molar-refractivity contribution is 0.414. The molecule has 1 aromatic heterocycles. The number of nitrogens with zero attached hydrogens (tertiary/aromatic N) is 2. The van der Waals surface area contributed by atoms with Crippen LogP contribution in [0.25, 0.3) is 22.0 Å². The van der Waals surface area contributed by atoms with Crippen LogP contribution in [0.4, 0.5) is 0 Å². The molecule has 25 heavy (non-hydrogen) atoms. The fourth-order valence-corrected chi connectivity index (χ4v) is 5.11. The number of rotatable bonds is 4. The van der Waals surface area contributed by atoms with Crippen LogP contribution in [0.1, 0.15) is 5.56 Å². The fourth-order valence-electron chi connectivity index (χ4n) is 3.50. The van der Waals surface area contributed by atoms with Gasteiger partial charge in [-0.15, -0.1) is 0 Å². The summed E-state index contributed by atoms with van der Waals surface area (Å²) in [5, 5.41) is 0.968. The Bertz CT molecular complexity index is 1080.